The van der Waals surface area contributed by atoms with Crippen LogP contribution in [0.25, 0.3) is 0 Å². The van der Waals surface area contributed by atoms with Crippen LogP contribution in [0.1, 0.15) is 12.0 Å². The molecule has 1 N–H and O–H groups in total. The highest BCUT2D eigenvalue weighted by molar-refractivity contribution is 6.03. The lowest BCUT2D eigenvalue weighted by molar-refractivity contribution is -0.274. The number of nitrogens with one attached hydrogen (secondary N) is 1. The number of anilines is 2. The topological polar surface area (TPSA) is 58.6 Å². The number of carbonyl (C=O) groups is 2. The first-order chi connectivity index (χ1) is 12.7. The van der Waals surface area contributed by atoms with Gasteiger partial charge in [0.2, 0.25) is 11.8 Å². The van der Waals surface area contributed by atoms with Gasteiger partial charge in [-0.1, -0.05) is 17.7 Å². The number of rotatable bonds is 4. The van der Waals surface area contributed by atoms with Gasteiger partial charge in [0.25, 0.3) is 0 Å². The second-order valence-corrected chi connectivity index (χ2v) is 6.30. The normalized spacial score (nSPS) is 17.1. The van der Waals surface area contributed by atoms with Crippen molar-refractivity contribution in [2.75, 3.05) is 16.8 Å². The van der Waals surface area contributed by atoms with E-state index in [1.54, 1.807) is 4.90 Å². The van der Waals surface area contributed by atoms with Crippen LogP contribution in [0.3, 0.4) is 0 Å². The van der Waals surface area contributed by atoms with Crippen molar-refractivity contribution in [2.24, 2.45) is 5.92 Å². The second-order valence-electron chi connectivity index (χ2n) is 6.30. The maximum absolute atomic E-state index is 12.4. The Morgan fingerprint density at radius 1 is 1.11 bits per heavy atom. The number of benzene rings is 2. The van der Waals surface area contributed by atoms with Crippen molar-refractivity contribution in [1.29, 1.82) is 0 Å². The van der Waals surface area contributed by atoms with Gasteiger partial charge in [0, 0.05) is 24.3 Å². The van der Waals surface area contributed by atoms with E-state index < -0.39 is 12.3 Å². The van der Waals surface area contributed by atoms with E-state index in [1.807, 2.05) is 31.2 Å². The summed E-state index contributed by atoms with van der Waals surface area (Å²) in [7, 11) is 0. The average molecular weight is 378 g/mol. The maximum Gasteiger partial charge on any atom is 0.573 e. The molecule has 3 rings (SSSR count). The molecule has 1 aliphatic rings. The Morgan fingerprint density at radius 3 is 2.33 bits per heavy atom. The predicted molar refractivity (Wildman–Crippen MR) is 93.4 cm³/mol. The Balaban J connectivity index is 1.61. The molecule has 2 aromatic carbocycles. The molecule has 1 saturated heterocycles. The molecule has 5 nitrogen and oxygen atoms in total. The zero-order valence-corrected chi connectivity index (χ0v) is 14.4. The van der Waals surface area contributed by atoms with E-state index in [4.69, 9.17) is 0 Å². The Bertz CT molecular complexity index is 833. The number of alkyl halides is 3. The highest BCUT2D eigenvalue weighted by atomic mass is 19.4. The molecule has 0 saturated carbocycles. The fourth-order valence-electron chi connectivity index (χ4n) is 2.84. The smallest absolute Gasteiger partial charge is 0.406 e. The van der Waals surface area contributed by atoms with Gasteiger partial charge in [0.1, 0.15) is 5.75 Å². The van der Waals surface area contributed by atoms with Crippen LogP contribution < -0.4 is 15.0 Å². The van der Waals surface area contributed by atoms with Gasteiger partial charge in [-0.3, -0.25) is 9.59 Å². The molecular weight excluding hydrogens is 361 g/mol. The molecular formula is C19H17F3N2O3. The molecule has 0 bridgehead atoms. The van der Waals surface area contributed by atoms with Crippen molar-refractivity contribution in [2.45, 2.75) is 19.7 Å². The number of carbonyl (C=O) groups excluding carboxylic acids is 2. The van der Waals surface area contributed by atoms with Gasteiger partial charge in [-0.2, -0.15) is 0 Å². The van der Waals surface area contributed by atoms with E-state index in [1.165, 1.54) is 12.1 Å². The van der Waals surface area contributed by atoms with E-state index in [0.717, 1.165) is 23.4 Å². The fourth-order valence-corrected chi connectivity index (χ4v) is 2.84. The number of hydrogen-bond acceptors (Lipinski definition) is 3. The van der Waals surface area contributed by atoms with Gasteiger partial charge < -0.3 is 15.0 Å². The highest BCUT2D eigenvalue weighted by Crippen LogP contribution is 2.27. The van der Waals surface area contributed by atoms with Crippen molar-refractivity contribution < 1.29 is 27.5 Å². The molecule has 0 spiro atoms. The van der Waals surface area contributed by atoms with Gasteiger partial charge in [-0.05, 0) is 43.3 Å². The fraction of sp³-hybridized carbons (Fsp3) is 0.263. The van der Waals surface area contributed by atoms with E-state index in [9.17, 15) is 22.8 Å². The van der Waals surface area contributed by atoms with Crippen LogP contribution in [-0.2, 0) is 9.59 Å². The first-order valence-corrected chi connectivity index (χ1v) is 8.25. The van der Waals surface area contributed by atoms with Crippen molar-refractivity contribution in [1.82, 2.24) is 0 Å². The molecule has 0 aliphatic carbocycles. The summed E-state index contributed by atoms with van der Waals surface area (Å²) in [5.74, 6) is -1.41. The molecule has 0 aromatic heterocycles. The van der Waals surface area contributed by atoms with Crippen LogP contribution in [0.4, 0.5) is 24.5 Å². The minimum absolute atomic E-state index is 0.0784. The second kappa shape index (κ2) is 7.30. The Kier molecular flexibility index (Phi) is 5.07. The number of ether oxygens (including phenoxy) is 1. The minimum Gasteiger partial charge on any atom is -0.406 e. The third kappa shape index (κ3) is 4.78. The lowest BCUT2D eigenvalue weighted by Crippen LogP contribution is -2.28. The molecule has 27 heavy (non-hydrogen) atoms. The summed E-state index contributed by atoms with van der Waals surface area (Å²) >= 11 is 0. The maximum atomic E-state index is 12.4. The van der Waals surface area contributed by atoms with Crippen molar-refractivity contribution in [3.63, 3.8) is 0 Å². The number of nitrogens with zero attached hydrogens (tertiary/aromatic N) is 1. The van der Waals surface area contributed by atoms with Crippen LogP contribution in [0.5, 0.6) is 5.75 Å². The molecule has 1 atom stereocenters. The predicted octanol–water partition coefficient (Wildman–Crippen LogP) is 3.89. The summed E-state index contributed by atoms with van der Waals surface area (Å²) in [4.78, 5) is 26.2. The molecule has 142 valence electrons. The van der Waals surface area contributed by atoms with Crippen molar-refractivity contribution in [3.8, 4) is 5.75 Å². The first-order valence-electron chi connectivity index (χ1n) is 8.25. The van der Waals surface area contributed by atoms with E-state index >= 15 is 0 Å². The molecule has 2 aromatic rings. The zero-order valence-electron chi connectivity index (χ0n) is 14.4. The molecule has 1 aliphatic heterocycles. The Morgan fingerprint density at radius 2 is 1.74 bits per heavy atom. The van der Waals surface area contributed by atoms with E-state index in [-0.39, 0.29) is 30.5 Å². The summed E-state index contributed by atoms with van der Waals surface area (Å²) in [6.45, 7) is 2.19. The number of aryl methyl sites for hydroxylation is 1. The van der Waals surface area contributed by atoms with Crippen LogP contribution in [0, 0.1) is 12.8 Å². The highest BCUT2D eigenvalue weighted by Gasteiger charge is 2.35. The molecule has 2 amide bonds. The van der Waals surface area contributed by atoms with Gasteiger partial charge in [-0.25, -0.2) is 0 Å². The van der Waals surface area contributed by atoms with Crippen LogP contribution in [-0.4, -0.2) is 24.7 Å². The average Bonchev–Trinajstić information content (AvgIpc) is 2.98. The molecule has 0 unspecified atom stereocenters. The standard InChI is InChI=1S/C19H17F3N2O3/c1-12-2-6-15(7-3-12)24-11-13(10-17(24)25)18(26)23-14-4-8-16(9-5-14)27-19(20,21)22/h2-9,13H,10-11H2,1H3,(H,23,26)/t13-/m1/s1. The largest absolute Gasteiger partial charge is 0.573 e. The molecule has 0 radical (unpaired) electrons. The Hall–Kier alpha value is -3.03. The third-order valence-corrected chi connectivity index (χ3v) is 4.20. The zero-order chi connectivity index (χ0) is 19.6. The summed E-state index contributed by atoms with van der Waals surface area (Å²) in [6, 6.07) is 12.3. The summed E-state index contributed by atoms with van der Waals surface area (Å²) in [5, 5.41) is 2.62. The molecule has 1 fully saturated rings. The van der Waals surface area contributed by atoms with Crippen molar-refractivity contribution in [3.05, 3.63) is 54.1 Å². The van der Waals surface area contributed by atoms with Crippen molar-refractivity contribution >= 4 is 23.2 Å². The third-order valence-electron chi connectivity index (χ3n) is 4.20. The summed E-state index contributed by atoms with van der Waals surface area (Å²) in [6.07, 6.45) is -4.69. The van der Waals surface area contributed by atoms with Gasteiger partial charge in [0.05, 0.1) is 5.92 Å². The molecule has 1 heterocycles. The Labute approximate surface area is 153 Å². The number of halogens is 3. The SMILES string of the molecule is Cc1ccc(N2C[C@H](C(=O)Nc3ccc(OC(F)(F)F)cc3)CC2=O)cc1. The summed E-state index contributed by atoms with van der Waals surface area (Å²) in [5.41, 5.74) is 2.13. The van der Waals surface area contributed by atoms with E-state index in [2.05, 4.69) is 10.1 Å². The lowest BCUT2D eigenvalue weighted by Gasteiger charge is -2.17. The van der Waals surface area contributed by atoms with Gasteiger partial charge in [0.15, 0.2) is 0 Å². The lowest BCUT2D eigenvalue weighted by atomic mass is 10.1. The number of hydrogen-bond donors (Lipinski definition) is 1. The molecule has 8 heteroatoms. The minimum atomic E-state index is -4.77. The number of amides is 2. The van der Waals surface area contributed by atoms with Gasteiger partial charge >= 0.3 is 6.36 Å². The first kappa shape index (κ1) is 18.8. The van der Waals surface area contributed by atoms with Crippen LogP contribution >= 0.6 is 0 Å². The van der Waals surface area contributed by atoms with Crippen LogP contribution in [0.2, 0.25) is 0 Å². The van der Waals surface area contributed by atoms with E-state index in [0.29, 0.717) is 5.69 Å². The summed E-state index contributed by atoms with van der Waals surface area (Å²) < 4.78 is 40.3. The monoisotopic (exact) mass is 378 g/mol. The van der Waals surface area contributed by atoms with Crippen LogP contribution in [0.15, 0.2) is 48.5 Å². The van der Waals surface area contributed by atoms with Gasteiger partial charge in [-0.15, -0.1) is 13.2 Å². The quantitative estimate of drug-likeness (QED) is 0.878.